The zero-order valence-electron chi connectivity index (χ0n) is 5.75. The van der Waals surface area contributed by atoms with Crippen LogP contribution in [0.15, 0.2) is 12.2 Å². The third-order valence-corrected chi connectivity index (χ3v) is 1.50. The Hall–Kier alpha value is -0.990. The van der Waals surface area contributed by atoms with Gasteiger partial charge in [-0.1, -0.05) is 12.2 Å². The predicted molar refractivity (Wildman–Crippen MR) is 37.4 cm³/mol. The Labute approximate surface area is 59.8 Å². The van der Waals surface area contributed by atoms with E-state index in [0.29, 0.717) is 0 Å². The number of carbonyl (C=O) groups excluding carboxylic acids is 1. The van der Waals surface area contributed by atoms with Crippen molar-refractivity contribution in [3.8, 4) is 0 Å². The van der Waals surface area contributed by atoms with Crippen molar-refractivity contribution in [1.82, 2.24) is 0 Å². The number of primary amides is 1. The van der Waals surface area contributed by atoms with E-state index in [1.54, 1.807) is 0 Å². The predicted octanol–water partition coefficient (Wildman–Crippen LogP) is 1.19. The Balaban J connectivity index is 2.28. The second-order valence-corrected chi connectivity index (χ2v) is 2.34. The summed E-state index contributed by atoms with van der Waals surface area (Å²) in [5.74, 6) is 0. The van der Waals surface area contributed by atoms with E-state index < -0.39 is 6.09 Å². The van der Waals surface area contributed by atoms with Gasteiger partial charge in [0.05, 0.1) is 0 Å². The zero-order chi connectivity index (χ0) is 7.40. The number of hydrogen-bond donors (Lipinski definition) is 1. The summed E-state index contributed by atoms with van der Waals surface area (Å²) >= 11 is 0. The number of amides is 1. The fraction of sp³-hybridized carbons (Fsp3) is 0.571. The average Bonchev–Trinajstić information content (AvgIpc) is 1.88. The fourth-order valence-electron chi connectivity index (χ4n) is 1.04. The van der Waals surface area contributed by atoms with Crippen LogP contribution in [0.2, 0.25) is 0 Å². The summed E-state index contributed by atoms with van der Waals surface area (Å²) in [4.78, 5) is 10.2. The molecule has 0 radical (unpaired) electrons. The zero-order valence-corrected chi connectivity index (χ0v) is 5.75. The maximum Gasteiger partial charge on any atom is 0.404 e. The van der Waals surface area contributed by atoms with Gasteiger partial charge < -0.3 is 10.5 Å². The van der Waals surface area contributed by atoms with E-state index in [0.717, 1.165) is 19.3 Å². The van der Waals surface area contributed by atoms with Crippen molar-refractivity contribution in [2.45, 2.75) is 25.4 Å². The lowest BCUT2D eigenvalue weighted by atomic mass is 10.1. The molecule has 10 heavy (non-hydrogen) atoms. The molecule has 0 bridgehead atoms. The lowest BCUT2D eigenvalue weighted by molar-refractivity contribution is 0.101. The van der Waals surface area contributed by atoms with Crippen molar-refractivity contribution in [2.75, 3.05) is 0 Å². The van der Waals surface area contributed by atoms with Gasteiger partial charge >= 0.3 is 6.09 Å². The molecule has 1 aliphatic carbocycles. The first-order chi connectivity index (χ1) is 4.79. The molecular formula is C7H11NO2. The van der Waals surface area contributed by atoms with Crippen LogP contribution in [-0.2, 0) is 4.74 Å². The van der Waals surface area contributed by atoms with Crippen molar-refractivity contribution in [3.05, 3.63) is 12.2 Å². The van der Waals surface area contributed by atoms with Gasteiger partial charge in [-0.25, -0.2) is 4.79 Å². The summed E-state index contributed by atoms with van der Waals surface area (Å²) in [6, 6.07) is 0. The SMILES string of the molecule is NC(=O)OC1CC=CCC1. The Bertz CT molecular complexity index is 154. The fourth-order valence-corrected chi connectivity index (χ4v) is 1.04. The van der Waals surface area contributed by atoms with Crippen molar-refractivity contribution in [2.24, 2.45) is 5.73 Å². The quantitative estimate of drug-likeness (QED) is 0.557. The molecule has 0 aromatic carbocycles. The molecule has 1 atom stereocenters. The standard InChI is InChI=1S/C7H11NO2/c8-7(9)10-6-4-2-1-3-5-6/h1-2,6H,3-5H2,(H2,8,9). The third-order valence-electron chi connectivity index (χ3n) is 1.50. The van der Waals surface area contributed by atoms with Gasteiger partial charge in [0.1, 0.15) is 6.10 Å². The molecule has 0 aromatic rings. The molecule has 56 valence electrons. The van der Waals surface area contributed by atoms with Crippen LogP contribution >= 0.6 is 0 Å². The molecule has 3 heteroatoms. The lowest BCUT2D eigenvalue weighted by Crippen LogP contribution is -2.23. The number of rotatable bonds is 1. The van der Waals surface area contributed by atoms with Crippen LogP contribution in [0.1, 0.15) is 19.3 Å². The molecule has 0 heterocycles. The highest BCUT2D eigenvalue weighted by molar-refractivity contribution is 5.64. The van der Waals surface area contributed by atoms with Crippen LogP contribution in [0, 0.1) is 0 Å². The number of ether oxygens (including phenoxy) is 1. The van der Waals surface area contributed by atoms with E-state index in [1.807, 2.05) is 6.08 Å². The molecule has 0 fully saturated rings. The largest absolute Gasteiger partial charge is 0.446 e. The van der Waals surface area contributed by atoms with Crippen molar-refractivity contribution in [3.63, 3.8) is 0 Å². The molecule has 0 saturated heterocycles. The molecule has 0 spiro atoms. The Kier molecular flexibility index (Phi) is 2.31. The van der Waals surface area contributed by atoms with E-state index in [-0.39, 0.29) is 6.10 Å². The highest BCUT2D eigenvalue weighted by Gasteiger charge is 2.11. The Morgan fingerprint density at radius 3 is 2.90 bits per heavy atom. The van der Waals surface area contributed by atoms with Crippen LogP contribution in [0.25, 0.3) is 0 Å². The number of carbonyl (C=O) groups is 1. The minimum atomic E-state index is -0.666. The normalized spacial score (nSPS) is 24.2. The summed E-state index contributed by atoms with van der Waals surface area (Å²) in [6.45, 7) is 0. The summed E-state index contributed by atoms with van der Waals surface area (Å²) in [6.07, 6.45) is 6.14. The van der Waals surface area contributed by atoms with Gasteiger partial charge in [0.2, 0.25) is 0 Å². The molecule has 3 nitrogen and oxygen atoms in total. The van der Waals surface area contributed by atoms with E-state index in [1.165, 1.54) is 0 Å². The first-order valence-corrected chi connectivity index (χ1v) is 3.40. The Morgan fingerprint density at radius 1 is 1.60 bits per heavy atom. The maximum atomic E-state index is 10.2. The first kappa shape index (κ1) is 7.12. The smallest absolute Gasteiger partial charge is 0.404 e. The van der Waals surface area contributed by atoms with Gasteiger partial charge in [0.15, 0.2) is 0 Å². The van der Waals surface area contributed by atoms with Crippen LogP contribution in [0.3, 0.4) is 0 Å². The minimum absolute atomic E-state index is 0.0162. The van der Waals surface area contributed by atoms with E-state index in [2.05, 4.69) is 6.08 Å². The molecule has 1 unspecified atom stereocenters. The Morgan fingerprint density at radius 2 is 2.40 bits per heavy atom. The molecule has 1 aliphatic rings. The van der Waals surface area contributed by atoms with Crippen LogP contribution in [0.5, 0.6) is 0 Å². The lowest BCUT2D eigenvalue weighted by Gasteiger charge is -2.16. The molecular weight excluding hydrogens is 130 g/mol. The summed E-state index contributed by atoms with van der Waals surface area (Å²) in [7, 11) is 0. The summed E-state index contributed by atoms with van der Waals surface area (Å²) in [5.41, 5.74) is 4.84. The van der Waals surface area contributed by atoms with Crippen molar-refractivity contribution >= 4 is 6.09 Å². The average molecular weight is 141 g/mol. The molecule has 1 rings (SSSR count). The number of allylic oxidation sites excluding steroid dienone is 1. The molecule has 0 aromatic heterocycles. The van der Waals surface area contributed by atoms with Crippen LogP contribution in [-0.4, -0.2) is 12.2 Å². The van der Waals surface area contributed by atoms with Gasteiger partial charge in [0, 0.05) is 6.42 Å². The van der Waals surface area contributed by atoms with Gasteiger partial charge in [-0.2, -0.15) is 0 Å². The number of nitrogens with two attached hydrogens (primary N) is 1. The van der Waals surface area contributed by atoms with E-state index in [9.17, 15) is 4.79 Å². The minimum Gasteiger partial charge on any atom is -0.446 e. The third kappa shape index (κ3) is 2.09. The second kappa shape index (κ2) is 3.25. The highest BCUT2D eigenvalue weighted by Crippen LogP contribution is 2.13. The van der Waals surface area contributed by atoms with Gasteiger partial charge in [-0.05, 0) is 12.8 Å². The molecule has 0 saturated carbocycles. The molecule has 0 aliphatic heterocycles. The molecule has 2 N–H and O–H groups in total. The van der Waals surface area contributed by atoms with Crippen LogP contribution < -0.4 is 5.73 Å². The van der Waals surface area contributed by atoms with Gasteiger partial charge in [-0.3, -0.25) is 0 Å². The van der Waals surface area contributed by atoms with Crippen molar-refractivity contribution in [1.29, 1.82) is 0 Å². The van der Waals surface area contributed by atoms with Gasteiger partial charge in [-0.15, -0.1) is 0 Å². The first-order valence-electron chi connectivity index (χ1n) is 3.40. The van der Waals surface area contributed by atoms with E-state index in [4.69, 9.17) is 10.5 Å². The highest BCUT2D eigenvalue weighted by atomic mass is 16.6. The summed E-state index contributed by atoms with van der Waals surface area (Å²) < 4.78 is 4.78. The van der Waals surface area contributed by atoms with Crippen LogP contribution in [0.4, 0.5) is 4.79 Å². The topological polar surface area (TPSA) is 52.3 Å². The number of hydrogen-bond acceptors (Lipinski definition) is 2. The van der Waals surface area contributed by atoms with Crippen molar-refractivity contribution < 1.29 is 9.53 Å². The maximum absolute atomic E-state index is 10.2. The monoisotopic (exact) mass is 141 g/mol. The van der Waals surface area contributed by atoms with Gasteiger partial charge in [0.25, 0.3) is 0 Å². The summed E-state index contributed by atoms with van der Waals surface area (Å²) in [5, 5.41) is 0. The molecule has 1 amide bonds. The second-order valence-electron chi connectivity index (χ2n) is 2.34. The van der Waals surface area contributed by atoms with E-state index >= 15 is 0 Å².